The minimum atomic E-state index is -0.565. The molecule has 1 aliphatic heterocycles. The van der Waals surface area contributed by atoms with E-state index in [1.807, 2.05) is 30.3 Å². The lowest BCUT2D eigenvalue weighted by Crippen LogP contribution is -2.50. The number of carbonyl (C=O) groups excluding carboxylic acids is 3. The van der Waals surface area contributed by atoms with Crippen molar-refractivity contribution in [3.63, 3.8) is 0 Å². The van der Waals surface area contributed by atoms with Crippen LogP contribution in [0.1, 0.15) is 63.4 Å². The van der Waals surface area contributed by atoms with Crippen LogP contribution in [-0.2, 0) is 25.5 Å². The van der Waals surface area contributed by atoms with Crippen molar-refractivity contribution in [2.45, 2.75) is 75.8 Å². The first-order chi connectivity index (χ1) is 17.9. The summed E-state index contributed by atoms with van der Waals surface area (Å²) in [5, 5.41) is 12.8. The molecule has 1 saturated heterocycles. The molecule has 1 saturated carbocycles. The van der Waals surface area contributed by atoms with Gasteiger partial charge >= 0.3 is 5.97 Å². The van der Waals surface area contributed by atoms with E-state index < -0.39 is 11.5 Å². The van der Waals surface area contributed by atoms with E-state index in [1.165, 1.54) is 0 Å². The number of hydrogen-bond donors (Lipinski definition) is 2. The number of likely N-dealkylation sites (tertiary alicyclic amines) is 1. The molecule has 0 spiro atoms. The Kier molecular flexibility index (Phi) is 10.9. The minimum absolute atomic E-state index is 0.0497. The molecule has 2 fully saturated rings. The summed E-state index contributed by atoms with van der Waals surface area (Å²) in [7, 11) is 0. The van der Waals surface area contributed by atoms with Crippen LogP contribution < -0.4 is 5.32 Å². The largest absolute Gasteiger partial charge is 0.463 e. The number of esters is 1. The Morgan fingerprint density at radius 2 is 1.76 bits per heavy atom. The Balaban J connectivity index is 1.57. The van der Waals surface area contributed by atoms with Gasteiger partial charge in [0.1, 0.15) is 6.61 Å². The number of hydrogen-bond acceptors (Lipinski definition) is 5. The van der Waals surface area contributed by atoms with Gasteiger partial charge in [0.05, 0.1) is 30.0 Å². The third kappa shape index (κ3) is 8.03. The molecule has 1 aromatic carbocycles. The number of nitrogens with one attached hydrogen (secondary N) is 1. The molecule has 1 aliphatic carbocycles. The number of ether oxygens (including phenoxy) is 1. The number of amides is 2. The molecule has 0 unspecified atom stereocenters. The summed E-state index contributed by atoms with van der Waals surface area (Å²) < 4.78 is 5.72. The molecule has 1 aromatic rings. The van der Waals surface area contributed by atoms with Gasteiger partial charge < -0.3 is 20.1 Å². The second-order valence-electron chi connectivity index (χ2n) is 10.5. The molecule has 0 aromatic heterocycles. The van der Waals surface area contributed by atoms with Crippen molar-refractivity contribution in [1.29, 1.82) is 0 Å². The van der Waals surface area contributed by atoms with Gasteiger partial charge in [0.2, 0.25) is 11.8 Å². The van der Waals surface area contributed by atoms with Crippen LogP contribution >= 0.6 is 0 Å². The fourth-order valence-electron chi connectivity index (χ4n) is 5.61. The van der Waals surface area contributed by atoms with Crippen molar-refractivity contribution < 1.29 is 24.2 Å². The van der Waals surface area contributed by atoms with Crippen molar-refractivity contribution in [1.82, 2.24) is 10.2 Å². The van der Waals surface area contributed by atoms with Gasteiger partial charge in [-0.15, -0.1) is 13.2 Å². The van der Waals surface area contributed by atoms with E-state index in [4.69, 9.17) is 4.74 Å². The third-order valence-electron chi connectivity index (χ3n) is 7.69. The average Bonchev–Trinajstić information content (AvgIpc) is 3.57. The molecule has 7 heteroatoms. The third-order valence-corrected chi connectivity index (χ3v) is 7.69. The Morgan fingerprint density at radius 3 is 2.41 bits per heavy atom. The molecule has 0 bridgehead atoms. The second kappa shape index (κ2) is 14.1. The standard InChI is InChI=1S/C30H42N2O5/c1-3-11-24(20-27(34)31-30(22-33)16-8-9-17-30)28(35)32-18-10-15-26(32)21-37-29(36)25(12-4-2)19-23-13-6-5-7-14-23/h3-7,13-14,24-26,33H,1-2,8-12,15-22H2,(H,31,34)/t24-,25+,26+/m1/s1. The monoisotopic (exact) mass is 510 g/mol. The predicted molar refractivity (Wildman–Crippen MR) is 143 cm³/mol. The molecule has 2 N–H and O–H groups in total. The number of benzene rings is 1. The van der Waals surface area contributed by atoms with Crippen LogP contribution in [-0.4, -0.2) is 59.1 Å². The maximum absolute atomic E-state index is 13.5. The second-order valence-corrected chi connectivity index (χ2v) is 10.5. The summed E-state index contributed by atoms with van der Waals surface area (Å²) in [4.78, 5) is 41.0. The zero-order chi connectivity index (χ0) is 26.7. The maximum atomic E-state index is 13.5. The van der Waals surface area contributed by atoms with Crippen molar-refractivity contribution in [3.8, 4) is 0 Å². The van der Waals surface area contributed by atoms with E-state index >= 15 is 0 Å². The van der Waals surface area contributed by atoms with Crippen LogP contribution in [0.5, 0.6) is 0 Å². The number of rotatable bonds is 14. The number of nitrogens with zero attached hydrogens (tertiary/aromatic N) is 1. The van der Waals surface area contributed by atoms with Gasteiger partial charge in [-0.3, -0.25) is 14.4 Å². The quantitative estimate of drug-likeness (QED) is 0.292. The summed E-state index contributed by atoms with van der Waals surface area (Å²) in [5.74, 6) is -1.46. The zero-order valence-corrected chi connectivity index (χ0v) is 21.9. The molecule has 202 valence electrons. The van der Waals surface area contributed by atoms with E-state index in [0.717, 1.165) is 44.1 Å². The van der Waals surface area contributed by atoms with Crippen LogP contribution in [0.4, 0.5) is 0 Å². The molecular formula is C30H42N2O5. The van der Waals surface area contributed by atoms with E-state index in [2.05, 4.69) is 18.5 Å². The van der Waals surface area contributed by atoms with Crippen LogP contribution in [0.2, 0.25) is 0 Å². The summed E-state index contributed by atoms with van der Waals surface area (Å²) in [6, 6.07) is 9.62. The summed E-state index contributed by atoms with van der Waals surface area (Å²) in [6.45, 7) is 8.20. The first kappa shape index (κ1) is 28.6. The SMILES string of the molecule is C=CC[C@@H](Cc1ccccc1)C(=O)OC[C@@H]1CCCN1C(=O)[C@H](CC=C)CC(=O)NC1(CO)CCCC1. The maximum Gasteiger partial charge on any atom is 0.309 e. The molecule has 1 heterocycles. The minimum Gasteiger partial charge on any atom is -0.463 e. The van der Waals surface area contributed by atoms with Gasteiger partial charge in [-0.25, -0.2) is 0 Å². The molecule has 0 radical (unpaired) electrons. The van der Waals surface area contributed by atoms with Crippen LogP contribution in [0.25, 0.3) is 0 Å². The molecular weight excluding hydrogens is 468 g/mol. The molecule has 3 rings (SSSR count). The van der Waals surface area contributed by atoms with Crippen molar-refractivity contribution in [3.05, 3.63) is 61.2 Å². The Morgan fingerprint density at radius 1 is 1.08 bits per heavy atom. The number of allylic oxidation sites excluding steroid dienone is 2. The Labute approximate surface area is 221 Å². The first-order valence-electron chi connectivity index (χ1n) is 13.6. The van der Waals surface area contributed by atoms with Crippen molar-refractivity contribution in [2.24, 2.45) is 11.8 Å². The zero-order valence-electron chi connectivity index (χ0n) is 21.9. The topological polar surface area (TPSA) is 95.9 Å². The van der Waals surface area contributed by atoms with Gasteiger partial charge in [0.25, 0.3) is 0 Å². The van der Waals surface area contributed by atoms with Gasteiger partial charge in [-0.1, -0.05) is 55.3 Å². The predicted octanol–water partition coefficient (Wildman–Crippen LogP) is 3.96. The molecule has 7 nitrogen and oxygen atoms in total. The van der Waals surface area contributed by atoms with Gasteiger partial charge in [0.15, 0.2) is 0 Å². The van der Waals surface area contributed by atoms with Crippen LogP contribution in [0, 0.1) is 11.8 Å². The van der Waals surface area contributed by atoms with Crippen LogP contribution in [0.3, 0.4) is 0 Å². The highest BCUT2D eigenvalue weighted by Gasteiger charge is 2.38. The molecule has 3 atom stereocenters. The van der Waals surface area contributed by atoms with Crippen LogP contribution in [0.15, 0.2) is 55.6 Å². The smallest absolute Gasteiger partial charge is 0.309 e. The van der Waals surface area contributed by atoms with E-state index in [9.17, 15) is 19.5 Å². The Hall–Kier alpha value is -2.93. The molecule has 37 heavy (non-hydrogen) atoms. The Bertz CT molecular complexity index is 925. The van der Waals surface area contributed by atoms with E-state index in [0.29, 0.717) is 25.8 Å². The van der Waals surface area contributed by atoms with Crippen molar-refractivity contribution >= 4 is 17.8 Å². The lowest BCUT2D eigenvalue weighted by atomic mass is 9.95. The van der Waals surface area contributed by atoms with E-state index in [-0.39, 0.29) is 49.4 Å². The first-order valence-corrected chi connectivity index (χ1v) is 13.6. The van der Waals surface area contributed by atoms with Gasteiger partial charge in [-0.05, 0) is 50.5 Å². The van der Waals surface area contributed by atoms with Gasteiger partial charge in [0, 0.05) is 13.0 Å². The number of carbonyl (C=O) groups is 3. The molecule has 2 aliphatic rings. The highest BCUT2D eigenvalue weighted by Crippen LogP contribution is 2.30. The number of aliphatic hydroxyl groups is 1. The normalized spacial score (nSPS) is 20.1. The van der Waals surface area contributed by atoms with Crippen molar-refractivity contribution in [2.75, 3.05) is 19.8 Å². The number of aliphatic hydroxyl groups excluding tert-OH is 1. The summed E-state index contributed by atoms with van der Waals surface area (Å²) in [5.41, 5.74) is 0.500. The average molecular weight is 511 g/mol. The highest BCUT2D eigenvalue weighted by atomic mass is 16.5. The molecule has 2 amide bonds. The lowest BCUT2D eigenvalue weighted by molar-refractivity contribution is -0.152. The van der Waals surface area contributed by atoms with E-state index in [1.54, 1.807) is 17.1 Å². The fraction of sp³-hybridized carbons (Fsp3) is 0.567. The van der Waals surface area contributed by atoms with Gasteiger partial charge in [-0.2, -0.15) is 0 Å². The lowest BCUT2D eigenvalue weighted by Gasteiger charge is -2.31. The highest BCUT2D eigenvalue weighted by molar-refractivity contribution is 5.86. The fourth-order valence-corrected chi connectivity index (χ4v) is 5.61. The summed E-state index contributed by atoms with van der Waals surface area (Å²) in [6.07, 6.45) is 9.98. The summed E-state index contributed by atoms with van der Waals surface area (Å²) >= 11 is 0.